The molecule has 0 aliphatic heterocycles. The summed E-state index contributed by atoms with van der Waals surface area (Å²) in [5.41, 5.74) is 2.95. The van der Waals surface area contributed by atoms with E-state index in [-0.39, 0.29) is 5.91 Å². The molecule has 17 heavy (non-hydrogen) atoms. The maximum atomic E-state index is 11.2. The van der Waals surface area contributed by atoms with E-state index in [0.29, 0.717) is 5.75 Å². The normalized spacial score (nSPS) is 10.0. The van der Waals surface area contributed by atoms with Crippen LogP contribution in [-0.4, -0.2) is 25.6 Å². The number of thiocarbonyl (C=S) groups is 1. The fraction of sp³-hybridized carbons (Fsp3) is 0.167. The fourth-order valence-electron chi connectivity index (χ4n) is 1.28. The lowest BCUT2D eigenvalue weighted by molar-refractivity contribution is -0.115. The predicted molar refractivity (Wildman–Crippen MR) is 73.4 cm³/mol. The molecule has 4 nitrogen and oxygen atoms in total. The smallest absolute Gasteiger partial charge is 0.248 e. The molecule has 0 aliphatic rings. The van der Waals surface area contributed by atoms with E-state index in [2.05, 4.69) is 22.9 Å². The molecule has 1 rings (SSSR count). The van der Waals surface area contributed by atoms with Gasteiger partial charge in [-0.2, -0.15) is 0 Å². The van der Waals surface area contributed by atoms with Gasteiger partial charge in [0.15, 0.2) is 0 Å². The van der Waals surface area contributed by atoms with Crippen LogP contribution in [0.1, 0.15) is 5.56 Å². The molecule has 2 N–H and O–H groups in total. The van der Waals surface area contributed by atoms with Gasteiger partial charge in [-0.15, -0.1) is 0 Å². The van der Waals surface area contributed by atoms with Crippen LogP contribution in [0.5, 0.6) is 5.75 Å². The van der Waals surface area contributed by atoms with Gasteiger partial charge >= 0.3 is 0 Å². The molecule has 0 atom stereocenters. The number of anilines is 1. The molecule has 0 fully saturated rings. The predicted octanol–water partition coefficient (Wildman–Crippen LogP) is 1.82. The Labute approximate surface area is 106 Å². The highest BCUT2D eigenvalue weighted by Crippen LogP contribution is 2.23. The first-order chi connectivity index (χ1) is 8.21. The Morgan fingerprint density at radius 2 is 2.24 bits per heavy atom. The van der Waals surface area contributed by atoms with Gasteiger partial charge in [0.2, 0.25) is 5.91 Å². The van der Waals surface area contributed by atoms with Crippen molar-refractivity contribution < 1.29 is 9.53 Å². The minimum atomic E-state index is -0.264. The van der Waals surface area contributed by atoms with Crippen LogP contribution < -0.4 is 15.4 Å². The summed E-state index contributed by atoms with van der Waals surface area (Å²) in [5.74, 6) is 0.433. The van der Waals surface area contributed by atoms with E-state index in [0.717, 1.165) is 11.3 Å². The number of amides is 1. The van der Waals surface area contributed by atoms with Gasteiger partial charge in [-0.25, -0.2) is 0 Å². The van der Waals surface area contributed by atoms with Crippen molar-refractivity contribution in [1.29, 1.82) is 0 Å². The molecule has 0 aromatic heterocycles. The molecule has 1 aromatic carbocycles. The quantitative estimate of drug-likeness (QED) is 0.618. The number of carbonyl (C=O) groups excluding carboxylic acids is 1. The van der Waals surface area contributed by atoms with Crippen molar-refractivity contribution in [2.24, 2.45) is 0 Å². The lowest BCUT2D eigenvalue weighted by atomic mass is 10.1. The van der Waals surface area contributed by atoms with Gasteiger partial charge in [0.25, 0.3) is 0 Å². The van der Waals surface area contributed by atoms with Crippen LogP contribution in [0.25, 0.3) is 6.08 Å². The number of hydrogen-bond donors (Lipinski definition) is 2. The van der Waals surface area contributed by atoms with Gasteiger partial charge in [-0.05, 0) is 18.2 Å². The van der Waals surface area contributed by atoms with E-state index in [4.69, 9.17) is 4.74 Å². The van der Waals surface area contributed by atoms with Crippen LogP contribution in [-0.2, 0) is 4.79 Å². The van der Waals surface area contributed by atoms with Crippen molar-refractivity contribution in [2.45, 2.75) is 0 Å². The van der Waals surface area contributed by atoms with Crippen molar-refractivity contribution in [2.75, 3.05) is 19.5 Å². The lowest BCUT2D eigenvalue weighted by Crippen LogP contribution is -2.16. The van der Waals surface area contributed by atoms with Gasteiger partial charge < -0.3 is 15.4 Å². The summed E-state index contributed by atoms with van der Waals surface area (Å²) in [6, 6.07) is 5.63. The van der Waals surface area contributed by atoms with Crippen LogP contribution in [0, 0.1) is 0 Å². The maximum absolute atomic E-state index is 11.2. The molecule has 0 aliphatic carbocycles. The number of carbonyl (C=O) groups is 1. The Morgan fingerprint density at radius 3 is 2.82 bits per heavy atom. The van der Waals surface area contributed by atoms with Crippen LogP contribution in [0.2, 0.25) is 0 Å². The van der Waals surface area contributed by atoms with Crippen LogP contribution in [0.4, 0.5) is 5.69 Å². The molecule has 0 saturated carbocycles. The van der Waals surface area contributed by atoms with Gasteiger partial charge in [0.1, 0.15) is 5.75 Å². The minimum Gasteiger partial charge on any atom is -0.496 e. The average molecular weight is 250 g/mol. The highest BCUT2D eigenvalue weighted by Gasteiger charge is 2.01. The second-order valence-corrected chi connectivity index (χ2v) is 3.40. The summed E-state index contributed by atoms with van der Waals surface area (Å²) in [6.07, 6.45) is 3.08. The molecular weight excluding hydrogens is 236 g/mol. The zero-order valence-corrected chi connectivity index (χ0v) is 10.5. The zero-order valence-electron chi connectivity index (χ0n) is 9.69. The van der Waals surface area contributed by atoms with Gasteiger partial charge in [-0.1, -0.05) is 12.2 Å². The molecular formula is C12H14N2O2S. The first-order valence-corrected chi connectivity index (χ1v) is 5.46. The van der Waals surface area contributed by atoms with Crippen molar-refractivity contribution in [3.63, 3.8) is 0 Å². The van der Waals surface area contributed by atoms with E-state index in [1.54, 1.807) is 13.2 Å². The summed E-state index contributed by atoms with van der Waals surface area (Å²) in [4.78, 5) is 11.2. The second-order valence-electron chi connectivity index (χ2n) is 3.17. The third kappa shape index (κ3) is 3.88. The van der Waals surface area contributed by atoms with Crippen molar-refractivity contribution in [1.82, 2.24) is 5.32 Å². The Morgan fingerprint density at radius 1 is 1.47 bits per heavy atom. The highest BCUT2D eigenvalue weighted by molar-refractivity contribution is 7.78. The molecule has 0 radical (unpaired) electrons. The van der Waals surface area contributed by atoms with E-state index in [1.807, 2.05) is 25.2 Å². The van der Waals surface area contributed by atoms with Crippen molar-refractivity contribution >= 4 is 35.4 Å². The summed E-state index contributed by atoms with van der Waals surface area (Å²) >= 11 is 4.52. The summed E-state index contributed by atoms with van der Waals surface area (Å²) in [7, 11) is 3.42. The molecule has 0 unspecified atom stereocenters. The van der Waals surface area contributed by atoms with Crippen molar-refractivity contribution in [3.8, 4) is 5.75 Å². The van der Waals surface area contributed by atoms with Crippen LogP contribution in [0.15, 0.2) is 24.3 Å². The van der Waals surface area contributed by atoms with E-state index >= 15 is 0 Å². The third-order valence-electron chi connectivity index (χ3n) is 2.14. The molecule has 0 spiro atoms. The number of nitrogens with one attached hydrogen (secondary N) is 2. The van der Waals surface area contributed by atoms with E-state index < -0.39 is 0 Å². The molecule has 0 heterocycles. The van der Waals surface area contributed by atoms with Gasteiger partial charge in [-0.3, -0.25) is 4.79 Å². The zero-order chi connectivity index (χ0) is 12.7. The number of ether oxygens (including phenoxy) is 1. The van der Waals surface area contributed by atoms with Crippen LogP contribution in [0.3, 0.4) is 0 Å². The van der Waals surface area contributed by atoms with Gasteiger partial charge in [0.05, 0.1) is 12.6 Å². The topological polar surface area (TPSA) is 50.4 Å². The number of hydrogen-bond acceptors (Lipinski definition) is 4. The third-order valence-corrected chi connectivity index (χ3v) is 2.26. The largest absolute Gasteiger partial charge is 0.496 e. The molecule has 1 aromatic rings. The Hall–Kier alpha value is -1.88. The lowest BCUT2D eigenvalue weighted by Gasteiger charge is -2.07. The number of benzene rings is 1. The summed E-state index contributed by atoms with van der Waals surface area (Å²) < 4.78 is 5.23. The van der Waals surface area contributed by atoms with Gasteiger partial charge in [0, 0.05) is 30.4 Å². The van der Waals surface area contributed by atoms with E-state index in [9.17, 15) is 4.79 Å². The average Bonchev–Trinajstić information content (AvgIpc) is 2.36. The molecule has 0 bridgehead atoms. The number of methoxy groups -OCH3 is 1. The molecule has 90 valence electrons. The minimum absolute atomic E-state index is 0.264. The standard InChI is InChI=1S/C12H14N2O2S/c1-13-10-5-3-9(11(7-10)16-2)4-6-12(15)14-8-17/h3-8,13H,1-2H3,(H,14,15,17). The second kappa shape index (κ2) is 6.65. The molecule has 1 amide bonds. The van der Waals surface area contributed by atoms with E-state index in [1.165, 1.54) is 11.6 Å². The monoisotopic (exact) mass is 250 g/mol. The van der Waals surface area contributed by atoms with Crippen molar-refractivity contribution in [3.05, 3.63) is 29.8 Å². The molecule has 5 heteroatoms. The Balaban J connectivity index is 2.90. The first-order valence-electron chi connectivity index (χ1n) is 4.99. The number of rotatable bonds is 5. The van der Waals surface area contributed by atoms with Crippen LogP contribution >= 0.6 is 12.2 Å². The summed E-state index contributed by atoms with van der Waals surface area (Å²) in [6.45, 7) is 0. The SMILES string of the molecule is CNc1ccc(C=CC(=O)NC=S)c(OC)c1. The first kappa shape index (κ1) is 13.2. The maximum Gasteiger partial charge on any atom is 0.248 e. The molecule has 0 saturated heterocycles. The summed E-state index contributed by atoms with van der Waals surface area (Å²) in [5, 5.41) is 5.40. The highest BCUT2D eigenvalue weighted by atomic mass is 32.1. The Kier molecular flexibility index (Phi) is 5.16. The Bertz CT molecular complexity index is 444. The fourth-order valence-corrected chi connectivity index (χ4v) is 1.39.